The third-order valence-electron chi connectivity index (χ3n) is 4.38. The zero-order valence-corrected chi connectivity index (χ0v) is 14.9. The molecule has 1 saturated heterocycles. The molecule has 0 radical (unpaired) electrons. The first kappa shape index (κ1) is 16.3. The summed E-state index contributed by atoms with van der Waals surface area (Å²) in [6.07, 6.45) is 3.24. The van der Waals surface area contributed by atoms with Crippen molar-refractivity contribution in [2.24, 2.45) is 5.41 Å². The molecule has 3 heterocycles. The number of anilines is 1. The summed E-state index contributed by atoms with van der Waals surface area (Å²) in [6, 6.07) is 0.469. The van der Waals surface area contributed by atoms with E-state index >= 15 is 0 Å². The molecule has 0 aromatic carbocycles. The van der Waals surface area contributed by atoms with E-state index in [0.29, 0.717) is 16.7 Å². The van der Waals surface area contributed by atoms with E-state index in [1.54, 1.807) is 7.11 Å². The van der Waals surface area contributed by atoms with Crippen LogP contribution in [0, 0.1) is 5.41 Å². The van der Waals surface area contributed by atoms with Crippen LogP contribution in [0.4, 0.5) is 5.82 Å². The number of hydrogen-bond donors (Lipinski definition) is 1. The van der Waals surface area contributed by atoms with Crippen molar-refractivity contribution in [3.05, 3.63) is 11.0 Å². The van der Waals surface area contributed by atoms with Crippen LogP contribution in [0.3, 0.4) is 0 Å². The second kappa shape index (κ2) is 6.51. The molecule has 1 aromatic heterocycles. The van der Waals surface area contributed by atoms with Crippen molar-refractivity contribution in [1.29, 1.82) is 0 Å². The summed E-state index contributed by atoms with van der Waals surface area (Å²) in [7, 11) is 1.75. The lowest BCUT2D eigenvalue weighted by Crippen LogP contribution is -2.56. The minimum atomic E-state index is -0.201. The topological polar surface area (TPSA) is 56.3 Å². The van der Waals surface area contributed by atoms with Gasteiger partial charge in [0.1, 0.15) is 5.69 Å². The van der Waals surface area contributed by atoms with Crippen molar-refractivity contribution in [2.75, 3.05) is 31.4 Å². The van der Waals surface area contributed by atoms with E-state index in [2.05, 4.69) is 15.3 Å². The normalized spacial score (nSPS) is 24.8. The third kappa shape index (κ3) is 2.82. The second-order valence-electron chi connectivity index (χ2n) is 5.83. The van der Waals surface area contributed by atoms with Gasteiger partial charge >= 0.3 is 0 Å². The minimum Gasteiger partial charge on any atom is -0.380 e. The second-order valence-corrected chi connectivity index (χ2v) is 8.00. The van der Waals surface area contributed by atoms with E-state index in [0.717, 1.165) is 54.6 Å². The smallest absolute Gasteiger partial charge is 0.253 e. The van der Waals surface area contributed by atoms with Crippen molar-refractivity contribution in [2.45, 2.75) is 44.0 Å². The predicted molar refractivity (Wildman–Crippen MR) is 89.5 cm³/mol. The van der Waals surface area contributed by atoms with Gasteiger partial charge in [0, 0.05) is 17.9 Å². The molecule has 0 bridgehead atoms. The molecule has 0 amide bonds. The largest absolute Gasteiger partial charge is 0.380 e. The summed E-state index contributed by atoms with van der Waals surface area (Å²) >= 11 is 5.84. The number of rotatable bonds is 3. The van der Waals surface area contributed by atoms with Crippen molar-refractivity contribution in [1.82, 2.24) is 9.97 Å². The maximum Gasteiger partial charge on any atom is 0.253 e. The standard InChI is InChI=1S/C13H17ClN3O2S.C2H6/c1-18-20-3-2-9-10(20)11(17-12(14)16-9)15-8-4-13(5-8)6-19-7-13;1-2/h8H,2-7H2,1H3,(H,15,16,17);1-2H3/q+1;. The molecule has 1 aliphatic carbocycles. The van der Waals surface area contributed by atoms with Crippen molar-refractivity contribution < 1.29 is 8.92 Å². The van der Waals surface area contributed by atoms with Gasteiger partial charge in [-0.25, -0.2) is 4.98 Å². The van der Waals surface area contributed by atoms with E-state index in [-0.39, 0.29) is 11.2 Å². The summed E-state index contributed by atoms with van der Waals surface area (Å²) in [4.78, 5) is 9.86. The van der Waals surface area contributed by atoms with Gasteiger partial charge < -0.3 is 10.1 Å². The summed E-state index contributed by atoms with van der Waals surface area (Å²) in [6.45, 7) is 5.83. The molecule has 4 rings (SSSR count). The number of nitrogens with one attached hydrogen (secondary N) is 1. The Hall–Kier alpha value is -0.560. The number of aromatic nitrogens is 2. The molecule has 1 unspecified atom stereocenters. The van der Waals surface area contributed by atoms with E-state index in [9.17, 15) is 0 Å². The Morgan fingerprint density at radius 1 is 1.32 bits per heavy atom. The summed E-state index contributed by atoms with van der Waals surface area (Å²) in [5.41, 5.74) is 1.49. The molecule has 1 spiro atoms. The lowest BCUT2D eigenvalue weighted by atomic mass is 9.64. The van der Waals surface area contributed by atoms with Crippen LogP contribution < -0.4 is 5.32 Å². The van der Waals surface area contributed by atoms with Gasteiger partial charge in [-0.1, -0.05) is 13.8 Å². The maximum absolute atomic E-state index is 6.04. The summed E-state index contributed by atoms with van der Waals surface area (Å²) < 4.78 is 10.9. The molecule has 3 aliphatic rings. The van der Waals surface area contributed by atoms with Crippen molar-refractivity contribution in [3.8, 4) is 0 Å². The maximum atomic E-state index is 6.04. The minimum absolute atomic E-state index is 0.201. The van der Waals surface area contributed by atoms with Gasteiger partial charge in [-0.2, -0.15) is 9.17 Å². The summed E-state index contributed by atoms with van der Waals surface area (Å²) in [5, 5.41) is 3.87. The van der Waals surface area contributed by atoms with Crippen molar-refractivity contribution in [3.63, 3.8) is 0 Å². The average Bonchev–Trinajstić information content (AvgIpc) is 2.85. The first-order valence-electron chi connectivity index (χ1n) is 7.85. The summed E-state index contributed by atoms with van der Waals surface area (Å²) in [5.74, 6) is 1.86. The highest BCUT2D eigenvalue weighted by Crippen LogP contribution is 2.48. The Morgan fingerprint density at radius 2 is 2.05 bits per heavy atom. The molecular weight excluding hydrogens is 322 g/mol. The van der Waals surface area contributed by atoms with Crippen LogP contribution in [0.15, 0.2) is 4.90 Å². The monoisotopic (exact) mass is 344 g/mol. The van der Waals surface area contributed by atoms with Crippen LogP contribution in [0.5, 0.6) is 0 Å². The van der Waals surface area contributed by atoms with E-state index in [1.807, 2.05) is 13.8 Å². The average molecular weight is 345 g/mol. The quantitative estimate of drug-likeness (QED) is 0.675. The number of halogens is 1. The van der Waals surface area contributed by atoms with Crippen LogP contribution in [0.1, 0.15) is 32.4 Å². The number of ether oxygens (including phenoxy) is 1. The van der Waals surface area contributed by atoms with Crippen LogP contribution in [0.25, 0.3) is 0 Å². The van der Waals surface area contributed by atoms with Gasteiger partial charge in [0.15, 0.2) is 22.7 Å². The molecule has 1 aromatic rings. The van der Waals surface area contributed by atoms with E-state index < -0.39 is 0 Å². The fraction of sp³-hybridized carbons (Fsp3) is 0.733. The molecule has 1 N–H and O–H groups in total. The molecule has 122 valence electrons. The molecule has 2 aliphatic heterocycles. The Morgan fingerprint density at radius 3 is 2.64 bits per heavy atom. The highest BCUT2D eigenvalue weighted by molar-refractivity contribution is 7.92. The predicted octanol–water partition coefficient (Wildman–Crippen LogP) is 2.84. The van der Waals surface area contributed by atoms with Gasteiger partial charge in [-0.15, -0.1) is 0 Å². The molecule has 22 heavy (non-hydrogen) atoms. The van der Waals surface area contributed by atoms with Gasteiger partial charge in [0.25, 0.3) is 4.90 Å². The number of aryl methyl sites for hydroxylation is 1. The highest BCUT2D eigenvalue weighted by Gasteiger charge is 2.50. The van der Waals surface area contributed by atoms with Gasteiger partial charge in [0.2, 0.25) is 5.28 Å². The number of nitrogens with zero attached hydrogens (tertiary/aromatic N) is 2. The molecule has 1 saturated carbocycles. The fourth-order valence-electron chi connectivity index (χ4n) is 3.34. The van der Waals surface area contributed by atoms with Crippen LogP contribution >= 0.6 is 11.6 Å². The van der Waals surface area contributed by atoms with E-state index in [1.165, 1.54) is 0 Å². The molecule has 5 nitrogen and oxygen atoms in total. The van der Waals surface area contributed by atoms with Crippen molar-refractivity contribution >= 4 is 28.6 Å². The van der Waals surface area contributed by atoms with Crippen LogP contribution in [-0.4, -0.2) is 42.1 Å². The number of fused-ring (bicyclic) bond motifs is 1. The first-order chi connectivity index (χ1) is 10.7. The third-order valence-corrected chi connectivity index (χ3v) is 6.41. The molecular formula is C15H23ClN3O2S+. The lowest BCUT2D eigenvalue weighted by molar-refractivity contribution is -0.159. The Labute approximate surface area is 139 Å². The van der Waals surface area contributed by atoms with Gasteiger partial charge in [0.05, 0.1) is 20.3 Å². The lowest BCUT2D eigenvalue weighted by Gasteiger charge is -2.53. The number of hydrogen-bond acceptors (Lipinski definition) is 5. The zero-order chi connectivity index (χ0) is 15.7. The highest BCUT2D eigenvalue weighted by atomic mass is 35.5. The van der Waals surface area contributed by atoms with Gasteiger partial charge in [-0.05, 0) is 24.4 Å². The van der Waals surface area contributed by atoms with Crippen LogP contribution in [-0.2, 0) is 26.5 Å². The molecule has 2 fully saturated rings. The van der Waals surface area contributed by atoms with E-state index in [4.69, 9.17) is 20.5 Å². The Bertz CT molecular complexity index is 546. The zero-order valence-electron chi connectivity index (χ0n) is 13.3. The molecule has 7 heteroatoms. The first-order valence-corrected chi connectivity index (χ1v) is 9.55. The Balaban J connectivity index is 0.000000693. The SMILES string of the molecule is CC.CO[S+]1CCc2nc(Cl)nc(NC3CC4(COC4)C3)c21. The fourth-order valence-corrected chi connectivity index (χ4v) is 5.17. The molecule has 1 atom stereocenters. The Kier molecular flexibility index (Phi) is 4.83. The van der Waals surface area contributed by atoms with Crippen LogP contribution in [0.2, 0.25) is 5.28 Å². The van der Waals surface area contributed by atoms with Gasteiger partial charge in [-0.3, -0.25) is 0 Å².